The van der Waals surface area contributed by atoms with E-state index in [9.17, 15) is 9.59 Å². The van der Waals surface area contributed by atoms with Gasteiger partial charge in [-0.05, 0) is 12.1 Å². The molecule has 0 bridgehead atoms. The molecule has 21 heavy (non-hydrogen) atoms. The summed E-state index contributed by atoms with van der Waals surface area (Å²) in [7, 11) is 0. The van der Waals surface area contributed by atoms with E-state index in [1.54, 1.807) is 36.4 Å². The van der Waals surface area contributed by atoms with Gasteiger partial charge in [-0.2, -0.15) is 0 Å². The second kappa shape index (κ2) is 5.54. The fourth-order valence-electron chi connectivity index (χ4n) is 2.49. The fraction of sp³-hybridized carbons (Fsp3) is 0.250. The first kappa shape index (κ1) is 13.6. The van der Waals surface area contributed by atoms with Crippen LogP contribution >= 0.6 is 0 Å². The summed E-state index contributed by atoms with van der Waals surface area (Å²) in [6.45, 7) is -0.238. The normalized spacial score (nSPS) is 21.3. The molecule has 2 aromatic rings. The standard InChI is InChI=1S/C16H14O5/c17-9-11-6-7-13(20-11)16-12(8-14(18)21-16)15(19)10-4-2-1-3-5-10/h1-7,12,16-17H,8-9H2/t12-,16+/m0/s1. The van der Waals surface area contributed by atoms with E-state index in [0.717, 1.165) is 0 Å². The van der Waals surface area contributed by atoms with Gasteiger partial charge in [0.2, 0.25) is 0 Å². The molecule has 0 spiro atoms. The Morgan fingerprint density at radius 3 is 2.62 bits per heavy atom. The highest BCUT2D eigenvalue weighted by Crippen LogP contribution is 2.38. The zero-order chi connectivity index (χ0) is 14.8. The zero-order valence-corrected chi connectivity index (χ0v) is 11.2. The summed E-state index contributed by atoms with van der Waals surface area (Å²) in [6, 6.07) is 12.0. The molecule has 1 saturated heterocycles. The number of hydrogen-bond donors (Lipinski definition) is 1. The summed E-state index contributed by atoms with van der Waals surface area (Å²) in [5, 5.41) is 9.03. The number of furan rings is 1. The maximum atomic E-state index is 12.5. The number of hydrogen-bond acceptors (Lipinski definition) is 5. The van der Waals surface area contributed by atoms with Crippen LogP contribution < -0.4 is 0 Å². The van der Waals surface area contributed by atoms with Crippen molar-refractivity contribution in [3.63, 3.8) is 0 Å². The Kier molecular flexibility index (Phi) is 3.58. The lowest BCUT2D eigenvalue weighted by atomic mass is 9.90. The smallest absolute Gasteiger partial charge is 0.307 e. The number of Topliss-reactive ketones (excluding diaryl/α,β-unsaturated/α-hetero) is 1. The lowest BCUT2D eigenvalue weighted by Crippen LogP contribution is -2.18. The van der Waals surface area contributed by atoms with Crippen LogP contribution in [0, 0.1) is 5.92 Å². The third kappa shape index (κ3) is 2.60. The van der Waals surface area contributed by atoms with Gasteiger partial charge in [-0.1, -0.05) is 30.3 Å². The monoisotopic (exact) mass is 286 g/mol. The molecule has 3 rings (SSSR count). The molecule has 5 nitrogen and oxygen atoms in total. The first-order chi connectivity index (χ1) is 10.2. The van der Waals surface area contributed by atoms with Gasteiger partial charge in [0.05, 0.1) is 12.3 Å². The van der Waals surface area contributed by atoms with Crippen molar-refractivity contribution in [2.24, 2.45) is 5.92 Å². The number of aliphatic hydroxyl groups excluding tert-OH is 1. The lowest BCUT2D eigenvalue weighted by Gasteiger charge is -2.14. The minimum atomic E-state index is -0.731. The Bertz CT molecular complexity index is 658. The van der Waals surface area contributed by atoms with Crippen LogP contribution in [0.4, 0.5) is 0 Å². The summed E-state index contributed by atoms with van der Waals surface area (Å²) < 4.78 is 10.6. The van der Waals surface area contributed by atoms with Crippen LogP contribution in [-0.4, -0.2) is 16.9 Å². The van der Waals surface area contributed by atoms with Crippen molar-refractivity contribution in [3.05, 3.63) is 59.5 Å². The minimum absolute atomic E-state index is 0.0353. The van der Waals surface area contributed by atoms with Crippen molar-refractivity contribution >= 4 is 11.8 Å². The topological polar surface area (TPSA) is 76.7 Å². The molecule has 1 aliphatic heterocycles. The summed E-state index contributed by atoms with van der Waals surface area (Å²) in [5.74, 6) is -0.403. The Balaban J connectivity index is 1.89. The number of carbonyl (C=O) groups is 2. The van der Waals surface area contributed by atoms with Crippen molar-refractivity contribution in [1.82, 2.24) is 0 Å². The number of carbonyl (C=O) groups excluding carboxylic acids is 2. The first-order valence-corrected chi connectivity index (χ1v) is 6.67. The summed E-state index contributed by atoms with van der Waals surface area (Å²) in [5.41, 5.74) is 0.541. The SMILES string of the molecule is O=C1C[C@@H](C(=O)c2ccccc2)[C@H](c2ccc(CO)o2)O1. The summed E-state index contributed by atoms with van der Waals surface area (Å²) in [4.78, 5) is 24.1. The van der Waals surface area contributed by atoms with Crippen LogP contribution in [0.5, 0.6) is 0 Å². The van der Waals surface area contributed by atoms with E-state index < -0.39 is 18.0 Å². The van der Waals surface area contributed by atoms with Crippen LogP contribution in [-0.2, 0) is 16.1 Å². The zero-order valence-electron chi connectivity index (χ0n) is 11.2. The van der Waals surface area contributed by atoms with E-state index in [1.165, 1.54) is 0 Å². The predicted octanol–water partition coefficient (Wildman–Crippen LogP) is 2.26. The average Bonchev–Trinajstić information content (AvgIpc) is 3.13. The first-order valence-electron chi connectivity index (χ1n) is 6.67. The van der Waals surface area contributed by atoms with E-state index in [2.05, 4.69) is 0 Å². The van der Waals surface area contributed by atoms with E-state index in [-0.39, 0.29) is 18.8 Å². The molecule has 1 N–H and O–H groups in total. The largest absolute Gasteiger partial charge is 0.460 e. The van der Waals surface area contributed by atoms with Gasteiger partial charge < -0.3 is 14.3 Å². The molecular weight excluding hydrogens is 272 g/mol. The Morgan fingerprint density at radius 2 is 1.95 bits per heavy atom. The van der Waals surface area contributed by atoms with Crippen molar-refractivity contribution in [2.75, 3.05) is 0 Å². The van der Waals surface area contributed by atoms with Gasteiger partial charge in [0.25, 0.3) is 0 Å². The molecule has 5 heteroatoms. The van der Waals surface area contributed by atoms with Gasteiger partial charge >= 0.3 is 5.97 Å². The van der Waals surface area contributed by atoms with Crippen LogP contribution in [0.25, 0.3) is 0 Å². The molecule has 0 amide bonds. The van der Waals surface area contributed by atoms with E-state index in [0.29, 0.717) is 17.1 Å². The van der Waals surface area contributed by atoms with E-state index in [4.69, 9.17) is 14.3 Å². The molecule has 2 atom stereocenters. The number of ketones is 1. The van der Waals surface area contributed by atoms with Gasteiger partial charge in [-0.3, -0.25) is 9.59 Å². The quantitative estimate of drug-likeness (QED) is 0.689. The van der Waals surface area contributed by atoms with Gasteiger partial charge in [0, 0.05) is 5.56 Å². The minimum Gasteiger partial charge on any atom is -0.460 e. The Labute approximate surface area is 121 Å². The van der Waals surface area contributed by atoms with Crippen LogP contribution in [0.2, 0.25) is 0 Å². The highest BCUT2D eigenvalue weighted by Gasteiger charge is 2.42. The number of ether oxygens (including phenoxy) is 1. The summed E-state index contributed by atoms with van der Waals surface area (Å²) >= 11 is 0. The van der Waals surface area contributed by atoms with Gasteiger partial charge in [0.1, 0.15) is 18.1 Å². The number of cyclic esters (lactones) is 1. The molecule has 108 valence electrons. The second-order valence-electron chi connectivity index (χ2n) is 4.91. The number of rotatable bonds is 4. The number of esters is 1. The average molecular weight is 286 g/mol. The Hall–Kier alpha value is -2.40. The van der Waals surface area contributed by atoms with Gasteiger partial charge in [-0.25, -0.2) is 0 Å². The molecule has 1 aliphatic rings. The third-order valence-corrected chi connectivity index (χ3v) is 3.52. The molecule has 2 heterocycles. The predicted molar refractivity (Wildman–Crippen MR) is 72.3 cm³/mol. The molecule has 1 fully saturated rings. The molecule has 0 aliphatic carbocycles. The highest BCUT2D eigenvalue weighted by molar-refractivity contribution is 6.00. The van der Waals surface area contributed by atoms with Crippen molar-refractivity contribution in [3.8, 4) is 0 Å². The van der Waals surface area contributed by atoms with Gasteiger partial charge in [-0.15, -0.1) is 0 Å². The van der Waals surface area contributed by atoms with E-state index >= 15 is 0 Å². The molecule has 0 unspecified atom stereocenters. The Morgan fingerprint density at radius 1 is 1.19 bits per heavy atom. The lowest BCUT2D eigenvalue weighted by molar-refractivity contribution is -0.142. The molecule has 0 saturated carbocycles. The van der Waals surface area contributed by atoms with Crippen LogP contribution in [0.3, 0.4) is 0 Å². The fourth-order valence-corrected chi connectivity index (χ4v) is 2.49. The molecular formula is C16H14O5. The van der Waals surface area contributed by atoms with Crippen molar-refractivity contribution < 1.29 is 23.8 Å². The second-order valence-corrected chi connectivity index (χ2v) is 4.91. The van der Waals surface area contributed by atoms with Crippen LogP contribution in [0.1, 0.15) is 34.4 Å². The maximum Gasteiger partial charge on any atom is 0.307 e. The molecule has 0 radical (unpaired) electrons. The van der Waals surface area contributed by atoms with Crippen molar-refractivity contribution in [1.29, 1.82) is 0 Å². The number of aliphatic hydroxyl groups is 1. The van der Waals surface area contributed by atoms with Crippen LogP contribution in [0.15, 0.2) is 46.9 Å². The highest BCUT2D eigenvalue weighted by atomic mass is 16.6. The molecule has 1 aromatic carbocycles. The maximum absolute atomic E-state index is 12.5. The molecule has 1 aromatic heterocycles. The van der Waals surface area contributed by atoms with Gasteiger partial charge in [0.15, 0.2) is 11.9 Å². The van der Waals surface area contributed by atoms with E-state index in [1.807, 2.05) is 6.07 Å². The van der Waals surface area contributed by atoms with Crippen molar-refractivity contribution in [2.45, 2.75) is 19.1 Å². The number of benzene rings is 1. The summed E-state index contributed by atoms with van der Waals surface area (Å²) in [6.07, 6.45) is -0.696. The third-order valence-electron chi connectivity index (χ3n) is 3.52.